The van der Waals surface area contributed by atoms with E-state index in [-0.39, 0.29) is 31.2 Å². The molecule has 2 aliphatic carbocycles. The molecule has 2 amide bonds. The van der Waals surface area contributed by atoms with E-state index < -0.39 is 5.67 Å². The number of ether oxygens (including phenoxy) is 1. The molecule has 1 aromatic heterocycles. The summed E-state index contributed by atoms with van der Waals surface area (Å²) in [7, 11) is 4.19. The number of rotatable bonds is 6. The zero-order valence-corrected chi connectivity index (χ0v) is 20.3. The summed E-state index contributed by atoms with van der Waals surface area (Å²) in [4.78, 5) is 24.9. The van der Waals surface area contributed by atoms with Gasteiger partial charge in [0.05, 0.1) is 37.2 Å². The molecule has 2 saturated carbocycles. The van der Waals surface area contributed by atoms with E-state index in [4.69, 9.17) is 9.72 Å². The third kappa shape index (κ3) is 3.52. The van der Waals surface area contributed by atoms with Crippen LogP contribution in [0.5, 0.6) is 0 Å². The second-order valence-corrected chi connectivity index (χ2v) is 11.1. The van der Waals surface area contributed by atoms with E-state index >= 15 is 4.39 Å². The largest absolute Gasteiger partial charge is 0.375 e. The van der Waals surface area contributed by atoms with E-state index in [9.17, 15) is 4.79 Å². The number of halogens is 1. The monoisotopic (exact) mass is 464 g/mol. The number of alkyl halides is 1. The molecule has 34 heavy (non-hydrogen) atoms. The van der Waals surface area contributed by atoms with Gasteiger partial charge in [0, 0.05) is 29.8 Å². The molecule has 3 heterocycles. The first-order valence-corrected chi connectivity index (χ1v) is 12.4. The Bertz CT molecular complexity index is 1120. The van der Waals surface area contributed by atoms with Crippen molar-refractivity contribution in [2.45, 2.75) is 62.2 Å². The lowest BCUT2D eigenvalue weighted by Gasteiger charge is -2.52. The molecule has 0 radical (unpaired) electrons. The van der Waals surface area contributed by atoms with Crippen molar-refractivity contribution in [1.29, 1.82) is 0 Å². The third-order valence-electron chi connectivity index (χ3n) is 8.16. The number of benzene rings is 1. The number of carbonyl (C=O) groups excluding carboxylic acids is 1. The standard InChI is InChI=1S/C27H33FN4O2/c1-18-10-22(19-8-9-19)29-14-24(18)31-15-27(12-21(13-27)30(2)3)32(25(31)33)23-7-5-4-6-20(23)11-26(28)16-34-17-26/h4-7,10,14,19,21H,8-9,11-13,15-17H2,1-3H3. The zero-order chi connectivity index (χ0) is 23.7. The number of amides is 2. The second-order valence-electron chi connectivity index (χ2n) is 11.1. The molecule has 6 rings (SSSR count). The van der Waals surface area contributed by atoms with Crippen LogP contribution in [0.1, 0.15) is 48.4 Å². The molecule has 4 fully saturated rings. The molecule has 0 bridgehead atoms. The number of carbonyl (C=O) groups is 1. The molecule has 2 aliphatic heterocycles. The number of aromatic nitrogens is 1. The van der Waals surface area contributed by atoms with E-state index in [1.807, 2.05) is 40.3 Å². The number of nitrogens with zero attached hydrogens (tertiary/aromatic N) is 4. The molecule has 2 aromatic rings. The normalized spacial score (nSPS) is 27.9. The molecule has 2 saturated heterocycles. The maximum atomic E-state index is 15.1. The van der Waals surface area contributed by atoms with Crippen LogP contribution < -0.4 is 9.80 Å². The lowest BCUT2D eigenvalue weighted by atomic mass is 9.71. The average molecular weight is 465 g/mol. The Morgan fingerprint density at radius 2 is 1.91 bits per heavy atom. The quantitative estimate of drug-likeness (QED) is 0.634. The lowest BCUT2D eigenvalue weighted by Crippen LogP contribution is -2.62. The summed E-state index contributed by atoms with van der Waals surface area (Å²) in [6.07, 6.45) is 6.34. The summed E-state index contributed by atoms with van der Waals surface area (Å²) in [6, 6.07) is 10.4. The van der Waals surface area contributed by atoms with Gasteiger partial charge in [0.15, 0.2) is 5.67 Å². The van der Waals surface area contributed by atoms with Gasteiger partial charge in [0.2, 0.25) is 0 Å². The van der Waals surface area contributed by atoms with Crippen LogP contribution in [0.4, 0.5) is 20.6 Å². The van der Waals surface area contributed by atoms with E-state index in [0.717, 1.165) is 41.0 Å². The minimum absolute atomic E-state index is 0.0357. The van der Waals surface area contributed by atoms with Crippen molar-refractivity contribution in [3.63, 3.8) is 0 Å². The first-order chi connectivity index (χ1) is 16.3. The summed E-state index contributed by atoms with van der Waals surface area (Å²) < 4.78 is 20.2. The predicted molar refractivity (Wildman–Crippen MR) is 130 cm³/mol. The van der Waals surface area contributed by atoms with E-state index in [1.54, 1.807) is 0 Å². The Balaban J connectivity index is 1.37. The predicted octanol–water partition coefficient (Wildman–Crippen LogP) is 4.46. The van der Waals surface area contributed by atoms with Gasteiger partial charge in [-0.1, -0.05) is 18.2 Å². The Kier molecular flexibility index (Phi) is 5.01. The van der Waals surface area contributed by atoms with Crippen molar-refractivity contribution in [2.24, 2.45) is 0 Å². The third-order valence-corrected chi connectivity index (χ3v) is 8.16. The SMILES string of the molecule is Cc1cc(C2CC2)ncc1N1CC2(CC(N(C)C)C2)N(c2ccccc2CC2(F)COC2)C1=O. The number of aryl methyl sites for hydroxylation is 1. The fourth-order valence-corrected chi connectivity index (χ4v) is 5.90. The Morgan fingerprint density at radius 1 is 1.18 bits per heavy atom. The summed E-state index contributed by atoms with van der Waals surface area (Å²) in [5.41, 5.74) is 3.16. The van der Waals surface area contributed by atoms with Gasteiger partial charge in [-0.2, -0.15) is 0 Å². The van der Waals surface area contributed by atoms with Crippen LogP contribution in [0.3, 0.4) is 0 Å². The molecular formula is C27H33FN4O2. The van der Waals surface area contributed by atoms with Gasteiger partial charge >= 0.3 is 6.03 Å². The van der Waals surface area contributed by atoms with Crippen molar-refractivity contribution in [3.05, 3.63) is 53.3 Å². The van der Waals surface area contributed by atoms with E-state index in [1.165, 1.54) is 12.8 Å². The Hall–Kier alpha value is -2.51. The lowest BCUT2D eigenvalue weighted by molar-refractivity contribution is -0.128. The van der Waals surface area contributed by atoms with Crippen molar-refractivity contribution < 1.29 is 13.9 Å². The highest BCUT2D eigenvalue weighted by molar-refractivity contribution is 6.08. The molecule has 180 valence electrons. The minimum Gasteiger partial charge on any atom is -0.375 e. The van der Waals surface area contributed by atoms with Crippen LogP contribution in [0.25, 0.3) is 0 Å². The maximum Gasteiger partial charge on any atom is 0.329 e. The molecule has 4 aliphatic rings. The number of pyridine rings is 1. The molecule has 0 N–H and O–H groups in total. The average Bonchev–Trinajstić information content (AvgIpc) is 3.56. The first kappa shape index (κ1) is 22.0. The number of para-hydroxylation sites is 1. The summed E-state index contributed by atoms with van der Waals surface area (Å²) in [5.74, 6) is 0.577. The van der Waals surface area contributed by atoms with E-state index in [2.05, 4.69) is 32.0 Å². The van der Waals surface area contributed by atoms with Gasteiger partial charge in [-0.15, -0.1) is 0 Å². The smallest absolute Gasteiger partial charge is 0.329 e. The summed E-state index contributed by atoms with van der Waals surface area (Å²) >= 11 is 0. The molecule has 1 spiro atoms. The Labute approximate surface area is 200 Å². The number of hydrogen-bond donors (Lipinski definition) is 0. The molecule has 1 aromatic carbocycles. The highest BCUT2D eigenvalue weighted by Crippen LogP contribution is 2.50. The van der Waals surface area contributed by atoms with Gasteiger partial charge in [0.25, 0.3) is 0 Å². The van der Waals surface area contributed by atoms with Crippen molar-refractivity contribution in [2.75, 3.05) is 43.7 Å². The second kappa shape index (κ2) is 7.75. The van der Waals surface area contributed by atoms with Gasteiger partial charge in [-0.25, -0.2) is 9.18 Å². The fourth-order valence-electron chi connectivity index (χ4n) is 5.90. The number of anilines is 2. The molecule has 0 atom stereocenters. The van der Waals surface area contributed by atoms with E-state index in [0.29, 0.717) is 18.5 Å². The highest BCUT2D eigenvalue weighted by atomic mass is 19.1. The number of hydrogen-bond acceptors (Lipinski definition) is 4. The van der Waals surface area contributed by atoms with Crippen LogP contribution in [-0.4, -0.2) is 67.0 Å². The molecule has 7 heteroatoms. The minimum atomic E-state index is -1.35. The van der Waals surface area contributed by atoms with Crippen molar-refractivity contribution >= 4 is 17.4 Å². The summed E-state index contributed by atoms with van der Waals surface area (Å²) in [6.45, 7) is 2.94. The van der Waals surface area contributed by atoms with Gasteiger partial charge in [-0.3, -0.25) is 14.8 Å². The first-order valence-electron chi connectivity index (χ1n) is 12.4. The van der Waals surface area contributed by atoms with Gasteiger partial charge in [0.1, 0.15) is 0 Å². The molecule has 6 nitrogen and oxygen atoms in total. The number of urea groups is 1. The molecular weight excluding hydrogens is 431 g/mol. The molecule has 0 unspecified atom stereocenters. The zero-order valence-electron chi connectivity index (χ0n) is 20.3. The van der Waals surface area contributed by atoms with Crippen LogP contribution in [0.2, 0.25) is 0 Å². The van der Waals surface area contributed by atoms with Crippen LogP contribution in [-0.2, 0) is 11.2 Å². The van der Waals surface area contributed by atoms with Crippen LogP contribution >= 0.6 is 0 Å². The fraction of sp³-hybridized carbons (Fsp3) is 0.556. The van der Waals surface area contributed by atoms with Crippen molar-refractivity contribution in [1.82, 2.24) is 9.88 Å². The highest BCUT2D eigenvalue weighted by Gasteiger charge is 2.59. The van der Waals surface area contributed by atoms with Crippen LogP contribution in [0, 0.1) is 6.92 Å². The Morgan fingerprint density at radius 3 is 2.53 bits per heavy atom. The van der Waals surface area contributed by atoms with Gasteiger partial charge < -0.3 is 9.64 Å². The van der Waals surface area contributed by atoms with Crippen LogP contribution in [0.15, 0.2) is 36.5 Å². The van der Waals surface area contributed by atoms with Gasteiger partial charge in [-0.05, 0) is 70.0 Å². The summed E-state index contributed by atoms with van der Waals surface area (Å²) in [5, 5.41) is 0. The maximum absolute atomic E-state index is 15.1. The van der Waals surface area contributed by atoms with Crippen molar-refractivity contribution in [3.8, 4) is 0 Å². The topological polar surface area (TPSA) is 48.9 Å².